The summed E-state index contributed by atoms with van der Waals surface area (Å²) >= 11 is 0. The number of nitrogens with zero attached hydrogens (tertiary/aromatic N) is 7. The SMILES string of the molecule is COc1ccccc1Cn1c(CN2CCN(Cc3ccc4c(c3)OCO4)CC2)nc2ccccc21.COc1ccccc1Cn1c(CN2CCNCC2)nc2ccccc21.O=Cc1ccc2c(c1)OCO2. The van der Waals surface area contributed by atoms with E-state index in [-0.39, 0.29) is 6.79 Å². The van der Waals surface area contributed by atoms with Gasteiger partial charge in [-0.1, -0.05) is 66.7 Å². The van der Waals surface area contributed by atoms with E-state index in [1.165, 1.54) is 16.6 Å². The third-order valence-electron chi connectivity index (χ3n) is 13.3. The number of ether oxygens (including phenoxy) is 6. The van der Waals surface area contributed by atoms with E-state index in [9.17, 15) is 4.79 Å². The Morgan fingerprint density at radius 3 is 1.52 bits per heavy atom. The molecule has 0 atom stereocenters. The molecule has 2 fully saturated rings. The first-order valence-electron chi connectivity index (χ1n) is 24.2. The van der Waals surface area contributed by atoms with E-state index in [1.54, 1.807) is 32.4 Å². The number of piperazine rings is 2. The fourth-order valence-corrected chi connectivity index (χ4v) is 9.51. The van der Waals surface area contributed by atoms with Crippen LogP contribution >= 0.6 is 0 Å². The maximum absolute atomic E-state index is 10.3. The van der Waals surface area contributed by atoms with E-state index < -0.39 is 0 Å². The van der Waals surface area contributed by atoms with Crippen molar-refractivity contribution in [2.24, 2.45) is 0 Å². The molecule has 6 heterocycles. The summed E-state index contributed by atoms with van der Waals surface area (Å²) in [5, 5.41) is 3.41. The first kappa shape index (κ1) is 47.3. The number of aromatic nitrogens is 4. The molecule has 2 saturated heterocycles. The van der Waals surface area contributed by atoms with Crippen molar-refractivity contribution < 1.29 is 33.2 Å². The Morgan fingerprint density at radius 2 is 0.972 bits per heavy atom. The van der Waals surface area contributed by atoms with Crippen LogP contribution in [0.4, 0.5) is 0 Å². The fraction of sp³-hybridized carbons (Fsp3) is 0.304. The lowest BCUT2D eigenvalue weighted by molar-refractivity contribution is 0.112. The molecular formula is C56H60N8O7. The maximum atomic E-state index is 10.3. The Bertz CT molecular complexity index is 3070. The number of rotatable bonds is 13. The van der Waals surface area contributed by atoms with Gasteiger partial charge >= 0.3 is 0 Å². The number of para-hydroxylation sites is 6. The molecule has 0 spiro atoms. The lowest BCUT2D eigenvalue weighted by atomic mass is 10.1. The fourth-order valence-electron chi connectivity index (χ4n) is 9.51. The van der Waals surface area contributed by atoms with Crippen LogP contribution in [0.5, 0.6) is 34.5 Å². The molecule has 4 aliphatic rings. The molecule has 8 aromatic rings. The Hall–Kier alpha value is -7.43. The molecule has 15 heteroatoms. The molecule has 0 saturated carbocycles. The summed E-state index contributed by atoms with van der Waals surface area (Å²) in [7, 11) is 3.46. The number of carbonyl (C=O) groups excluding carboxylic acids is 1. The van der Waals surface area contributed by atoms with Crippen LogP contribution in [0.3, 0.4) is 0 Å². The van der Waals surface area contributed by atoms with Crippen LogP contribution in [-0.4, -0.2) is 120 Å². The van der Waals surface area contributed by atoms with Gasteiger partial charge in [0.15, 0.2) is 23.0 Å². The first-order chi connectivity index (χ1) is 35.0. The van der Waals surface area contributed by atoms with Gasteiger partial charge in [-0.05, 0) is 72.3 Å². The van der Waals surface area contributed by atoms with Crippen LogP contribution in [0.1, 0.15) is 38.7 Å². The van der Waals surface area contributed by atoms with Gasteiger partial charge in [-0.15, -0.1) is 0 Å². The number of aldehydes is 1. The van der Waals surface area contributed by atoms with Crippen molar-refractivity contribution in [1.29, 1.82) is 0 Å². The van der Waals surface area contributed by atoms with E-state index in [0.29, 0.717) is 23.9 Å². The number of fused-ring (bicyclic) bond motifs is 4. The number of imidazole rings is 2. The molecule has 15 nitrogen and oxygen atoms in total. The molecular weight excluding hydrogens is 897 g/mol. The van der Waals surface area contributed by atoms with Gasteiger partial charge in [-0.2, -0.15) is 0 Å². The van der Waals surface area contributed by atoms with Crippen molar-refractivity contribution in [1.82, 2.24) is 39.1 Å². The van der Waals surface area contributed by atoms with Gasteiger partial charge < -0.3 is 42.9 Å². The Kier molecular flexibility index (Phi) is 15.0. The normalized spacial score (nSPS) is 15.5. The lowest BCUT2D eigenvalue weighted by Crippen LogP contribution is -2.45. The van der Waals surface area contributed by atoms with E-state index in [0.717, 1.165) is 148 Å². The van der Waals surface area contributed by atoms with Gasteiger partial charge in [0.05, 0.1) is 62.5 Å². The van der Waals surface area contributed by atoms with Crippen LogP contribution < -0.4 is 33.7 Å². The van der Waals surface area contributed by atoms with Crippen LogP contribution in [0.15, 0.2) is 133 Å². The highest BCUT2D eigenvalue weighted by Gasteiger charge is 2.23. The number of hydrogen-bond donors (Lipinski definition) is 1. The Morgan fingerprint density at radius 1 is 0.507 bits per heavy atom. The second-order valence-electron chi connectivity index (χ2n) is 17.8. The van der Waals surface area contributed by atoms with E-state index in [2.05, 4.69) is 114 Å². The third kappa shape index (κ3) is 11.3. The summed E-state index contributed by atoms with van der Waals surface area (Å²) in [6.45, 7) is 13.0. The molecule has 0 bridgehead atoms. The van der Waals surface area contributed by atoms with Crippen molar-refractivity contribution in [3.63, 3.8) is 0 Å². The molecule has 0 amide bonds. The maximum Gasteiger partial charge on any atom is 0.231 e. The first-order valence-corrected chi connectivity index (χ1v) is 24.2. The zero-order valence-corrected chi connectivity index (χ0v) is 40.4. The molecule has 366 valence electrons. The second-order valence-corrected chi connectivity index (χ2v) is 17.8. The summed E-state index contributed by atoms with van der Waals surface area (Å²) in [5.41, 5.74) is 8.65. The van der Waals surface area contributed by atoms with Crippen molar-refractivity contribution in [3.8, 4) is 34.5 Å². The Labute approximate surface area is 414 Å². The average Bonchev–Trinajstić information content (AvgIpc) is 4.24. The topological polar surface area (TPSA) is 130 Å². The molecule has 2 aromatic heterocycles. The molecule has 1 N–H and O–H groups in total. The number of benzene rings is 6. The largest absolute Gasteiger partial charge is 0.496 e. The molecule has 0 unspecified atom stereocenters. The molecule has 12 rings (SSSR count). The Balaban J connectivity index is 0.000000140. The van der Waals surface area contributed by atoms with Crippen LogP contribution in [0.2, 0.25) is 0 Å². The number of methoxy groups -OCH3 is 2. The van der Waals surface area contributed by atoms with Gasteiger partial charge in [-0.25, -0.2) is 9.97 Å². The molecule has 4 aliphatic heterocycles. The zero-order valence-electron chi connectivity index (χ0n) is 40.4. The summed E-state index contributed by atoms with van der Waals surface area (Å²) in [4.78, 5) is 27.7. The van der Waals surface area contributed by atoms with Crippen molar-refractivity contribution in [2.75, 3.05) is 80.2 Å². The summed E-state index contributed by atoms with van der Waals surface area (Å²) in [6, 6.07) is 44.6. The number of carbonyl (C=O) groups is 1. The van der Waals surface area contributed by atoms with Gasteiger partial charge in [0.1, 0.15) is 29.4 Å². The van der Waals surface area contributed by atoms with Gasteiger partial charge in [0.2, 0.25) is 13.6 Å². The summed E-state index contributed by atoms with van der Waals surface area (Å²) in [6.07, 6.45) is 0.780. The average molecular weight is 957 g/mol. The van der Waals surface area contributed by atoms with E-state index in [4.69, 9.17) is 38.4 Å². The molecule has 0 radical (unpaired) electrons. The van der Waals surface area contributed by atoms with E-state index >= 15 is 0 Å². The monoisotopic (exact) mass is 956 g/mol. The number of nitrogens with one attached hydrogen (secondary N) is 1. The van der Waals surface area contributed by atoms with Crippen molar-refractivity contribution in [3.05, 3.63) is 167 Å². The highest BCUT2D eigenvalue weighted by molar-refractivity contribution is 5.77. The summed E-state index contributed by atoms with van der Waals surface area (Å²) in [5.74, 6) is 7.10. The highest BCUT2D eigenvalue weighted by atomic mass is 16.7. The lowest BCUT2D eigenvalue weighted by Gasteiger charge is -2.34. The predicted octanol–water partition coefficient (Wildman–Crippen LogP) is 7.87. The molecule has 71 heavy (non-hydrogen) atoms. The second kappa shape index (κ2) is 22.5. The van der Waals surface area contributed by atoms with Crippen LogP contribution in [0.25, 0.3) is 22.1 Å². The molecule has 6 aromatic carbocycles. The minimum atomic E-state index is 0.248. The summed E-state index contributed by atoms with van der Waals surface area (Å²) < 4.78 is 36.9. The smallest absolute Gasteiger partial charge is 0.231 e. The third-order valence-corrected chi connectivity index (χ3v) is 13.3. The van der Waals surface area contributed by atoms with Gasteiger partial charge in [0.25, 0.3) is 0 Å². The minimum absolute atomic E-state index is 0.248. The predicted molar refractivity (Wildman–Crippen MR) is 273 cm³/mol. The van der Waals surface area contributed by atoms with Crippen molar-refractivity contribution in [2.45, 2.75) is 32.7 Å². The zero-order chi connectivity index (χ0) is 48.4. The molecule has 0 aliphatic carbocycles. The number of hydrogen-bond acceptors (Lipinski definition) is 13. The van der Waals surface area contributed by atoms with E-state index in [1.807, 2.05) is 30.3 Å². The van der Waals surface area contributed by atoms with Crippen molar-refractivity contribution >= 4 is 28.4 Å². The minimum Gasteiger partial charge on any atom is -0.496 e. The van der Waals surface area contributed by atoms with Gasteiger partial charge in [0, 0.05) is 75.6 Å². The quantitative estimate of drug-likeness (QED) is 0.113. The standard InChI is InChI=1S/C28H30N4O3.C20H24N4O.C8H6O3/c1-33-25-9-5-2-6-22(25)18-32-24-8-4-3-7-23(24)29-28(32)19-31-14-12-30(13-15-31)17-21-10-11-26-27(16-21)35-20-34-26;1-25-19-9-5-2-6-16(19)14-24-18-8-4-3-7-17(18)22-20(24)15-23-12-10-21-11-13-23;9-4-6-1-2-7-8(3-6)11-5-10-7/h2-11,16H,12-15,17-20H2,1H3;2-9,21H,10-15H2,1H3;1-4H,5H2. The van der Waals surface area contributed by atoms with Gasteiger partial charge in [-0.3, -0.25) is 19.5 Å². The van der Waals surface area contributed by atoms with Crippen LogP contribution in [0, 0.1) is 0 Å². The highest BCUT2D eigenvalue weighted by Crippen LogP contribution is 2.34. The van der Waals surface area contributed by atoms with Crippen LogP contribution in [-0.2, 0) is 32.7 Å².